The normalized spacial score (nSPS) is 31.4. The molecule has 2 aromatic rings. The van der Waals surface area contributed by atoms with E-state index in [2.05, 4.69) is 4.72 Å². The van der Waals surface area contributed by atoms with Crippen LogP contribution in [0.5, 0.6) is 11.6 Å². The van der Waals surface area contributed by atoms with Crippen molar-refractivity contribution in [1.82, 2.24) is 19.6 Å². The number of carbonyl (C=O) groups is 4. The van der Waals surface area contributed by atoms with Gasteiger partial charge in [0.1, 0.15) is 23.7 Å². The van der Waals surface area contributed by atoms with Crippen molar-refractivity contribution in [1.29, 1.82) is 0 Å². The number of carbonyl (C=O) groups excluding carboxylic acids is 4. The zero-order valence-electron chi connectivity index (χ0n) is 33.4. The number of ether oxygens (including phenoxy) is 3. The highest BCUT2D eigenvalue weighted by molar-refractivity contribution is 7.90. The van der Waals surface area contributed by atoms with E-state index in [1.165, 1.54) is 0 Å². The van der Waals surface area contributed by atoms with Crippen LogP contribution in [0.25, 0.3) is 11.0 Å². The number of fused-ring (bicyclic) bond motifs is 5. The average Bonchev–Trinajstić information content (AvgIpc) is 3.98. The summed E-state index contributed by atoms with van der Waals surface area (Å²) in [6.07, 6.45) is 12.1. The van der Waals surface area contributed by atoms with Crippen molar-refractivity contribution in [3.63, 3.8) is 0 Å². The standard InChI is InChI=1S/C43H58N4O9S/c1-3-28-23-43(28,42(51)46-57(52,53)31-17-18-31)24-37(48)36-21-30-25-47(36)41(50)32(26-10-7-8-11-26)22-39(49)56-38-15-9-13-27(38)12-5-4-6-14-34-40(55-30)45-35-20-29(54-2)16-19-33(35)44-34/h16,19-20,26-28,30-32,36,38H,3-15,17-18,21-25H2,1-2H3,(H,46,51)/t27-,28-,30-,32+,36+,38-,43-/m1/s1. The Labute approximate surface area is 335 Å². The summed E-state index contributed by atoms with van der Waals surface area (Å²) in [4.78, 5) is 68.7. The van der Waals surface area contributed by atoms with Gasteiger partial charge in [-0.1, -0.05) is 39.0 Å². The van der Waals surface area contributed by atoms with Crippen molar-refractivity contribution >= 4 is 44.6 Å². The van der Waals surface area contributed by atoms with Crippen LogP contribution in [0.15, 0.2) is 18.2 Å². The Kier molecular flexibility index (Phi) is 11.5. The Morgan fingerprint density at radius 2 is 1.68 bits per heavy atom. The van der Waals surface area contributed by atoms with Gasteiger partial charge in [0.05, 0.1) is 53.7 Å². The van der Waals surface area contributed by atoms with Crippen LogP contribution in [0, 0.1) is 29.1 Å². The molecule has 3 heterocycles. The number of sulfonamides is 1. The number of hydrogen-bond acceptors (Lipinski definition) is 11. The number of hydrogen-bond donors (Lipinski definition) is 1. The van der Waals surface area contributed by atoms with Gasteiger partial charge in [0.2, 0.25) is 27.7 Å². The number of ketones is 1. The Balaban J connectivity index is 1.13. The van der Waals surface area contributed by atoms with Crippen molar-refractivity contribution in [2.45, 2.75) is 152 Å². The van der Waals surface area contributed by atoms with Crippen LogP contribution in [0.1, 0.15) is 128 Å². The van der Waals surface area contributed by atoms with E-state index in [9.17, 15) is 27.6 Å². The summed E-state index contributed by atoms with van der Waals surface area (Å²) in [5.41, 5.74) is 0.883. The summed E-state index contributed by atoms with van der Waals surface area (Å²) in [6, 6.07) is 4.62. The number of methoxy groups -OCH3 is 1. The number of Topliss-reactive ketones (excluding diaryl/α,β-unsaturated/α-hetero) is 1. The first kappa shape index (κ1) is 40.0. The fourth-order valence-electron chi connectivity index (χ4n) is 10.4. The van der Waals surface area contributed by atoms with Crippen LogP contribution in [-0.2, 0) is 40.4 Å². The molecule has 13 nitrogen and oxygen atoms in total. The Morgan fingerprint density at radius 3 is 2.42 bits per heavy atom. The molecule has 0 unspecified atom stereocenters. The monoisotopic (exact) mass is 806 g/mol. The first-order chi connectivity index (χ1) is 27.5. The number of aromatic nitrogens is 2. The van der Waals surface area contributed by atoms with Gasteiger partial charge in [-0.05, 0) is 101 Å². The average molecular weight is 807 g/mol. The Morgan fingerprint density at radius 1 is 0.930 bits per heavy atom. The lowest BCUT2D eigenvalue weighted by molar-refractivity contribution is -0.156. The van der Waals surface area contributed by atoms with E-state index in [-0.39, 0.29) is 61.4 Å². The minimum Gasteiger partial charge on any atom is -0.497 e. The predicted molar refractivity (Wildman–Crippen MR) is 211 cm³/mol. The third-order valence-electron chi connectivity index (χ3n) is 14.0. The highest BCUT2D eigenvalue weighted by atomic mass is 32.2. The van der Waals surface area contributed by atoms with Gasteiger partial charge in [0, 0.05) is 18.9 Å². The lowest BCUT2D eigenvalue weighted by Gasteiger charge is -2.31. The largest absolute Gasteiger partial charge is 0.497 e. The van der Waals surface area contributed by atoms with Crippen molar-refractivity contribution in [2.75, 3.05) is 13.7 Å². The van der Waals surface area contributed by atoms with E-state index >= 15 is 0 Å². The van der Waals surface area contributed by atoms with Gasteiger partial charge in [0.15, 0.2) is 5.78 Å². The van der Waals surface area contributed by atoms with Gasteiger partial charge in [-0.15, -0.1) is 0 Å². The van der Waals surface area contributed by atoms with Crippen LogP contribution < -0.4 is 14.2 Å². The quantitative estimate of drug-likeness (QED) is 0.295. The third kappa shape index (κ3) is 8.52. The number of nitrogens with one attached hydrogen (secondary N) is 1. The molecule has 2 bridgehead atoms. The molecular formula is C43H58N4O9S. The van der Waals surface area contributed by atoms with E-state index < -0.39 is 44.7 Å². The SMILES string of the molecule is CC[C@@H]1C[C@]1(CC(=O)[C@@H]1C[C@@H]2CN1C(=O)[C@H](C1CCCC1)CC(=O)O[C@@H]1CCC[C@H]1CCCCCc1nc3ccc(OC)cc3nc1O2)C(=O)NS(=O)(=O)C1CC1. The van der Waals surface area contributed by atoms with E-state index in [4.69, 9.17) is 24.2 Å². The van der Waals surface area contributed by atoms with Crippen LogP contribution in [0.2, 0.25) is 0 Å². The maximum Gasteiger partial charge on any atom is 0.306 e. The molecule has 310 valence electrons. The molecule has 4 aliphatic carbocycles. The smallest absolute Gasteiger partial charge is 0.306 e. The van der Waals surface area contributed by atoms with Crippen LogP contribution in [-0.4, -0.2) is 84.0 Å². The molecule has 2 aliphatic heterocycles. The van der Waals surface area contributed by atoms with E-state index in [0.717, 1.165) is 70.6 Å². The summed E-state index contributed by atoms with van der Waals surface area (Å²) in [5, 5.41) is -0.574. The molecular weight excluding hydrogens is 749 g/mol. The molecule has 6 aliphatic rings. The van der Waals surface area contributed by atoms with Crippen molar-refractivity contribution in [3.8, 4) is 11.6 Å². The molecule has 1 aromatic carbocycles. The minimum atomic E-state index is -3.82. The lowest BCUT2D eigenvalue weighted by Crippen LogP contribution is -2.47. The van der Waals surface area contributed by atoms with Crippen LogP contribution in [0.3, 0.4) is 0 Å². The molecule has 57 heavy (non-hydrogen) atoms. The topological polar surface area (TPSA) is 171 Å². The molecule has 14 heteroatoms. The molecule has 2 amide bonds. The van der Waals surface area contributed by atoms with Gasteiger partial charge in [0.25, 0.3) is 0 Å². The first-order valence-corrected chi connectivity index (χ1v) is 23.1. The first-order valence-electron chi connectivity index (χ1n) is 21.6. The second-order valence-electron chi connectivity index (χ2n) is 17.8. The van der Waals surface area contributed by atoms with E-state index in [1.807, 2.05) is 25.1 Å². The molecule has 1 aromatic heterocycles. The maximum absolute atomic E-state index is 15.0. The highest BCUT2D eigenvalue weighted by Gasteiger charge is 2.62. The predicted octanol–water partition coefficient (Wildman–Crippen LogP) is 6.00. The van der Waals surface area contributed by atoms with Gasteiger partial charge >= 0.3 is 5.97 Å². The zero-order valence-corrected chi connectivity index (χ0v) is 34.2. The van der Waals surface area contributed by atoms with Crippen LogP contribution >= 0.6 is 0 Å². The fourth-order valence-corrected chi connectivity index (χ4v) is 11.8. The highest BCUT2D eigenvalue weighted by Crippen LogP contribution is 2.58. The Bertz CT molecular complexity index is 1980. The lowest BCUT2D eigenvalue weighted by atomic mass is 9.86. The number of esters is 1. The summed E-state index contributed by atoms with van der Waals surface area (Å²) in [6.45, 7) is 2.04. The number of benzene rings is 1. The molecule has 1 saturated heterocycles. The van der Waals surface area contributed by atoms with Gasteiger partial charge in [-0.3, -0.25) is 23.9 Å². The fraction of sp³-hybridized carbons (Fsp3) is 0.721. The van der Waals surface area contributed by atoms with E-state index in [1.54, 1.807) is 12.0 Å². The zero-order chi connectivity index (χ0) is 39.9. The third-order valence-corrected chi connectivity index (χ3v) is 15.8. The molecule has 1 N–H and O–H groups in total. The molecule has 4 saturated carbocycles. The van der Waals surface area contributed by atoms with Crippen molar-refractivity contribution < 1.29 is 41.8 Å². The number of nitrogens with zero attached hydrogens (tertiary/aromatic N) is 3. The molecule has 7 atom stereocenters. The second-order valence-corrected chi connectivity index (χ2v) is 19.7. The van der Waals surface area contributed by atoms with Gasteiger partial charge < -0.3 is 19.1 Å². The number of aryl methyl sites for hydroxylation is 1. The Hall–Kier alpha value is -3.81. The number of rotatable bonds is 9. The molecule has 0 spiro atoms. The summed E-state index contributed by atoms with van der Waals surface area (Å²) in [7, 11) is -2.22. The van der Waals surface area contributed by atoms with Crippen LogP contribution in [0.4, 0.5) is 0 Å². The van der Waals surface area contributed by atoms with Crippen molar-refractivity contribution in [3.05, 3.63) is 23.9 Å². The molecule has 8 rings (SSSR count). The minimum absolute atomic E-state index is 0.0173. The van der Waals surface area contributed by atoms with E-state index in [0.29, 0.717) is 66.4 Å². The summed E-state index contributed by atoms with van der Waals surface area (Å²) < 4.78 is 46.4. The van der Waals surface area contributed by atoms with Gasteiger partial charge in [-0.2, -0.15) is 0 Å². The van der Waals surface area contributed by atoms with Crippen molar-refractivity contribution in [2.24, 2.45) is 29.1 Å². The molecule has 5 fully saturated rings. The second kappa shape index (κ2) is 16.4. The maximum atomic E-state index is 15.0. The molecule has 0 radical (unpaired) electrons. The number of amides is 2. The summed E-state index contributed by atoms with van der Waals surface area (Å²) >= 11 is 0. The summed E-state index contributed by atoms with van der Waals surface area (Å²) in [5.74, 6) is -1.07. The van der Waals surface area contributed by atoms with Gasteiger partial charge in [-0.25, -0.2) is 18.4 Å².